The number of benzene rings is 16. The second kappa shape index (κ2) is 31.2. The van der Waals surface area contributed by atoms with Gasteiger partial charge in [-0.25, -0.2) is 0 Å². The van der Waals surface area contributed by atoms with Crippen LogP contribution in [0.25, 0.3) is 34.9 Å². The molecule has 0 fully saturated rings. The fourth-order valence-corrected chi connectivity index (χ4v) is 15.5. The van der Waals surface area contributed by atoms with E-state index in [1.807, 2.05) is 0 Å². The number of hydrogen-bond donors (Lipinski definition) is 0. The van der Waals surface area contributed by atoms with E-state index in [-0.39, 0.29) is 0 Å². The lowest BCUT2D eigenvalue weighted by molar-refractivity contribution is 1.22. The minimum absolute atomic E-state index is 1.03. The quantitative estimate of drug-likeness (QED) is 0.0793. The Hall–Kier alpha value is -13.9. The molecule has 16 aromatic rings. The Kier molecular flexibility index (Phi) is 19.7. The van der Waals surface area contributed by atoms with Crippen LogP contribution >= 0.6 is 0 Å². The summed E-state index contributed by atoms with van der Waals surface area (Å²) in [5.74, 6) is 0. The van der Waals surface area contributed by atoms with Gasteiger partial charge in [0.05, 0.1) is 0 Å². The molecule has 3 nitrogen and oxygen atoms in total. The molecular weight excluding hydrogens is 1340 g/mol. The Morgan fingerprint density at radius 3 is 0.577 bits per heavy atom. The average Bonchev–Trinajstić information content (AvgIpc) is 0.732. The molecule has 0 aliphatic heterocycles. The highest BCUT2D eigenvalue weighted by molar-refractivity contribution is 5.95. The van der Waals surface area contributed by atoms with E-state index < -0.39 is 0 Å². The Balaban J connectivity index is 0.873. The average molecular weight is 1420 g/mol. The Bertz CT molecular complexity index is 6240. The molecule has 0 amide bonds. The van der Waals surface area contributed by atoms with E-state index in [1.165, 1.54) is 83.5 Å². The number of hydrogen-bond acceptors (Lipinski definition) is 3. The van der Waals surface area contributed by atoms with Crippen LogP contribution in [0.3, 0.4) is 0 Å². The van der Waals surface area contributed by atoms with Gasteiger partial charge in [-0.2, -0.15) is 0 Å². The number of aryl methyl sites for hydroxylation is 6. The summed E-state index contributed by atoms with van der Waals surface area (Å²) in [4.78, 5) is 7.22. The molecule has 0 radical (unpaired) electrons. The summed E-state index contributed by atoms with van der Waals surface area (Å²) in [5.41, 5.74) is 30.8. The summed E-state index contributed by atoms with van der Waals surface area (Å²) < 4.78 is 0. The molecule has 0 unspecified atom stereocenters. The van der Waals surface area contributed by atoms with Crippen molar-refractivity contribution < 1.29 is 0 Å². The van der Waals surface area contributed by atoms with Crippen LogP contribution in [0.2, 0.25) is 0 Å². The van der Waals surface area contributed by atoms with E-state index in [2.05, 4.69) is 463 Å². The second-order valence-corrected chi connectivity index (χ2v) is 29.4. The number of anilines is 9. The van der Waals surface area contributed by atoms with Crippen LogP contribution in [-0.4, -0.2) is 0 Å². The molecule has 0 heterocycles. The van der Waals surface area contributed by atoms with Crippen LogP contribution in [-0.2, 0) is 0 Å². The number of nitrogens with zero attached hydrogens (tertiary/aromatic N) is 3. The van der Waals surface area contributed by atoms with Crippen LogP contribution in [0.4, 0.5) is 51.2 Å². The van der Waals surface area contributed by atoms with Crippen molar-refractivity contribution in [1.82, 2.24) is 0 Å². The van der Waals surface area contributed by atoms with E-state index in [1.54, 1.807) is 0 Å². The van der Waals surface area contributed by atoms with E-state index in [0.29, 0.717) is 0 Å². The predicted octanol–water partition coefficient (Wildman–Crippen LogP) is 28.2. The van der Waals surface area contributed by atoms with E-state index in [4.69, 9.17) is 0 Å². The van der Waals surface area contributed by atoms with Crippen LogP contribution < -0.4 is 14.7 Å². The Morgan fingerprint density at radius 2 is 0.342 bits per heavy atom. The largest absolute Gasteiger partial charge is 0.310 e. The highest BCUT2D eigenvalue weighted by atomic mass is 15.2. The van der Waals surface area contributed by atoms with Gasteiger partial charge in [-0.3, -0.25) is 0 Å². The maximum Gasteiger partial charge on any atom is 0.0468 e. The van der Waals surface area contributed by atoms with Gasteiger partial charge in [0, 0.05) is 51.2 Å². The molecule has 0 saturated heterocycles. The minimum Gasteiger partial charge on any atom is -0.310 e. The molecule has 17 rings (SSSR count). The zero-order valence-electron chi connectivity index (χ0n) is 63.5. The van der Waals surface area contributed by atoms with Gasteiger partial charge in [-0.05, 0) is 278 Å². The molecule has 1 aliphatic rings. The van der Waals surface area contributed by atoms with Crippen molar-refractivity contribution >= 4 is 86.1 Å². The SMILES string of the molecule is Cc1ccc(C(=Cc2ccc(N(c3ccccc3)c3ccc4c(c3)=c3ccc(N(c5ccccc5)c5ccc(C=C(c6ccc(C)cc6)c6ccc(C)cc6)cc5)cc3=c3ccc(N(c5ccccc5)c5ccc(C=C(c6ccc(C)cc6)c6ccc(C)cc6)cc5)cc3=c3ccccc3=4)cc2)c2ccc(C)cc2)cc1. The molecule has 0 bridgehead atoms. The standard InChI is InChI=1S/C108H85N3/c1-74-26-44-83(45-27-74)103(84-46-28-75(2)29-47-84)68-80-38-56-92(57-39-80)109(89-18-10-7-11-19-89)95-62-65-100-98-24-16-17-25-99(98)106-71-96(110(90-20-12-8-13-21-90)93-58-40-81(41-59-93)69-104(85-48-30-76(3)31-49-85)86-50-32-77(4)33-51-86)63-66-101(106)108-73-97(64-67-102(108)107(100)72-95)111(91-22-14-9-15-23-91)94-60-42-82(43-61-94)70-105(87-52-34-78(5)35-53-87)88-54-36-79(6)37-55-88/h7-73H,1-6H3. The summed E-state index contributed by atoms with van der Waals surface area (Å²) in [6, 6.07) is 143. The molecule has 0 aromatic heterocycles. The van der Waals surface area contributed by atoms with Gasteiger partial charge in [0.15, 0.2) is 0 Å². The van der Waals surface area contributed by atoms with Crippen molar-refractivity contribution in [2.75, 3.05) is 14.7 Å². The topological polar surface area (TPSA) is 9.72 Å². The van der Waals surface area contributed by atoms with Crippen molar-refractivity contribution in [3.8, 4) is 0 Å². The third kappa shape index (κ3) is 15.0. The number of rotatable bonds is 18. The van der Waals surface area contributed by atoms with Gasteiger partial charge in [-0.1, -0.05) is 312 Å². The lowest BCUT2D eigenvalue weighted by Gasteiger charge is -2.26. The predicted molar refractivity (Wildman–Crippen MR) is 468 cm³/mol. The number of para-hydroxylation sites is 3. The summed E-state index contributed by atoms with van der Waals surface area (Å²) in [6.45, 7) is 12.9. The molecule has 16 aromatic carbocycles. The molecule has 0 spiro atoms. The first-order valence-corrected chi connectivity index (χ1v) is 38.4. The second-order valence-electron chi connectivity index (χ2n) is 29.4. The zero-order chi connectivity index (χ0) is 75.3. The third-order valence-corrected chi connectivity index (χ3v) is 21.5. The van der Waals surface area contributed by atoms with Crippen LogP contribution in [0.5, 0.6) is 0 Å². The van der Waals surface area contributed by atoms with Crippen molar-refractivity contribution in [3.05, 3.63) is 513 Å². The summed E-state index contributed by atoms with van der Waals surface area (Å²) in [7, 11) is 0. The highest BCUT2D eigenvalue weighted by Gasteiger charge is 2.20. The Labute approximate surface area is 651 Å². The number of fused-ring (bicyclic) bond motifs is 4. The van der Waals surface area contributed by atoms with Gasteiger partial charge in [-0.15, -0.1) is 0 Å². The summed E-state index contributed by atoms with van der Waals surface area (Å²) >= 11 is 0. The van der Waals surface area contributed by atoms with Gasteiger partial charge in [0.25, 0.3) is 0 Å². The van der Waals surface area contributed by atoms with Crippen molar-refractivity contribution in [3.63, 3.8) is 0 Å². The molecule has 111 heavy (non-hydrogen) atoms. The first-order valence-electron chi connectivity index (χ1n) is 38.4. The molecule has 3 heteroatoms. The van der Waals surface area contributed by atoms with Crippen LogP contribution in [0.15, 0.2) is 388 Å². The molecule has 0 atom stereocenters. The van der Waals surface area contributed by atoms with E-state index in [9.17, 15) is 0 Å². The minimum atomic E-state index is 1.03. The van der Waals surface area contributed by atoms with Crippen molar-refractivity contribution in [2.45, 2.75) is 41.5 Å². The van der Waals surface area contributed by atoms with E-state index in [0.717, 1.165) is 110 Å². The first kappa shape index (κ1) is 70.1. The molecule has 0 N–H and O–H groups in total. The third-order valence-electron chi connectivity index (χ3n) is 21.5. The first-order chi connectivity index (χ1) is 54.4. The van der Waals surface area contributed by atoms with Crippen LogP contribution in [0, 0.1) is 83.3 Å². The molecule has 532 valence electrons. The molecule has 0 saturated carbocycles. The highest BCUT2D eigenvalue weighted by Crippen LogP contribution is 2.41. The smallest absolute Gasteiger partial charge is 0.0468 e. The van der Waals surface area contributed by atoms with Crippen LogP contribution in [0.1, 0.15) is 83.5 Å². The Morgan fingerprint density at radius 1 is 0.162 bits per heavy atom. The van der Waals surface area contributed by atoms with Crippen molar-refractivity contribution in [2.24, 2.45) is 0 Å². The zero-order valence-corrected chi connectivity index (χ0v) is 63.5. The van der Waals surface area contributed by atoms with Gasteiger partial charge in [0.1, 0.15) is 0 Å². The lowest BCUT2D eigenvalue weighted by atomic mass is 9.94. The summed E-state index contributed by atoms with van der Waals surface area (Å²) in [5, 5.41) is 9.07. The van der Waals surface area contributed by atoms with Gasteiger partial charge < -0.3 is 14.7 Å². The summed E-state index contributed by atoms with van der Waals surface area (Å²) in [6.07, 6.45) is 6.98. The molecule has 1 aliphatic carbocycles. The van der Waals surface area contributed by atoms with Gasteiger partial charge in [0.2, 0.25) is 0 Å². The molecular formula is C108H85N3. The monoisotopic (exact) mass is 1420 g/mol. The van der Waals surface area contributed by atoms with Crippen molar-refractivity contribution in [1.29, 1.82) is 0 Å². The fraction of sp³-hybridized carbons (Fsp3) is 0.0556. The lowest BCUT2D eigenvalue weighted by Crippen LogP contribution is -2.11. The normalized spacial score (nSPS) is 11.2. The maximum absolute atomic E-state index is 2.44. The van der Waals surface area contributed by atoms with E-state index >= 15 is 0 Å². The fourth-order valence-electron chi connectivity index (χ4n) is 15.5. The maximum atomic E-state index is 2.44. The van der Waals surface area contributed by atoms with Gasteiger partial charge >= 0.3 is 0 Å².